The lowest BCUT2D eigenvalue weighted by Crippen LogP contribution is -2.50. The standard InChI is InChI=1S/C22H25Cl3N2O3/c1-4-14(2)26-22(29)15(3)27(12-16-17(23)9-7-10-18(16)24)21(28)13-30-20-11-6-5-8-19(20)25/h5-11,14-15H,4,12-13H2,1-3H3,(H,26,29)/t14-,15+/m1/s1. The van der Waals surface area contributed by atoms with Crippen LogP contribution in [0, 0.1) is 0 Å². The monoisotopic (exact) mass is 470 g/mol. The van der Waals surface area contributed by atoms with Gasteiger partial charge >= 0.3 is 0 Å². The maximum atomic E-state index is 13.0. The van der Waals surface area contributed by atoms with Crippen molar-refractivity contribution in [1.29, 1.82) is 0 Å². The highest BCUT2D eigenvalue weighted by Crippen LogP contribution is 2.27. The Morgan fingerprint density at radius 2 is 1.60 bits per heavy atom. The van der Waals surface area contributed by atoms with Gasteiger partial charge in [0.1, 0.15) is 11.8 Å². The van der Waals surface area contributed by atoms with Crippen LogP contribution in [0.3, 0.4) is 0 Å². The van der Waals surface area contributed by atoms with Crippen LogP contribution in [-0.4, -0.2) is 35.4 Å². The Labute approximate surface area is 192 Å². The summed E-state index contributed by atoms with van der Waals surface area (Å²) >= 11 is 18.7. The van der Waals surface area contributed by atoms with Crippen molar-refractivity contribution in [1.82, 2.24) is 10.2 Å². The minimum absolute atomic E-state index is 0.0137. The van der Waals surface area contributed by atoms with Crippen molar-refractivity contribution < 1.29 is 14.3 Å². The van der Waals surface area contributed by atoms with E-state index in [-0.39, 0.29) is 25.1 Å². The fourth-order valence-corrected chi connectivity index (χ4v) is 3.39. The van der Waals surface area contributed by atoms with E-state index < -0.39 is 11.9 Å². The van der Waals surface area contributed by atoms with E-state index in [0.29, 0.717) is 26.4 Å². The number of ether oxygens (including phenoxy) is 1. The van der Waals surface area contributed by atoms with E-state index in [9.17, 15) is 9.59 Å². The Bertz CT molecular complexity index is 871. The molecule has 0 saturated heterocycles. The molecule has 0 unspecified atom stereocenters. The SMILES string of the molecule is CC[C@@H](C)NC(=O)[C@H](C)N(Cc1c(Cl)cccc1Cl)C(=O)COc1ccccc1Cl. The average molecular weight is 472 g/mol. The Morgan fingerprint density at radius 1 is 1.00 bits per heavy atom. The molecule has 1 N–H and O–H groups in total. The first-order valence-corrected chi connectivity index (χ1v) is 10.8. The van der Waals surface area contributed by atoms with Gasteiger partial charge in [-0.05, 0) is 44.5 Å². The molecule has 2 atom stereocenters. The molecule has 0 heterocycles. The van der Waals surface area contributed by atoms with Crippen LogP contribution in [0.2, 0.25) is 15.1 Å². The van der Waals surface area contributed by atoms with Gasteiger partial charge in [0.15, 0.2) is 6.61 Å². The highest BCUT2D eigenvalue weighted by molar-refractivity contribution is 6.36. The van der Waals surface area contributed by atoms with Gasteiger partial charge in [-0.2, -0.15) is 0 Å². The number of carbonyl (C=O) groups excluding carboxylic acids is 2. The van der Waals surface area contributed by atoms with Crippen LogP contribution in [0.1, 0.15) is 32.8 Å². The van der Waals surface area contributed by atoms with E-state index in [2.05, 4.69) is 5.32 Å². The van der Waals surface area contributed by atoms with E-state index in [1.165, 1.54) is 4.90 Å². The third-order valence-corrected chi connectivity index (χ3v) is 5.77. The number of hydrogen-bond donors (Lipinski definition) is 1. The quantitative estimate of drug-likeness (QED) is 0.536. The molecule has 0 aliphatic rings. The molecule has 0 aliphatic heterocycles. The van der Waals surface area contributed by atoms with Crippen molar-refractivity contribution in [2.75, 3.05) is 6.61 Å². The zero-order valence-corrected chi connectivity index (χ0v) is 19.4. The van der Waals surface area contributed by atoms with Crippen molar-refractivity contribution in [2.45, 2.75) is 45.8 Å². The van der Waals surface area contributed by atoms with E-state index in [1.54, 1.807) is 49.4 Å². The largest absolute Gasteiger partial charge is 0.482 e. The summed E-state index contributed by atoms with van der Waals surface area (Å²) in [5.41, 5.74) is 0.565. The third kappa shape index (κ3) is 6.53. The zero-order valence-electron chi connectivity index (χ0n) is 17.1. The molecule has 8 heteroatoms. The number of nitrogens with one attached hydrogen (secondary N) is 1. The normalized spacial score (nSPS) is 12.7. The Morgan fingerprint density at radius 3 is 2.20 bits per heavy atom. The van der Waals surface area contributed by atoms with Gasteiger partial charge in [-0.1, -0.05) is 59.9 Å². The molecule has 2 amide bonds. The average Bonchev–Trinajstić information content (AvgIpc) is 2.72. The molecule has 2 rings (SSSR count). The molecule has 0 bridgehead atoms. The fourth-order valence-electron chi connectivity index (χ4n) is 2.69. The second-order valence-corrected chi connectivity index (χ2v) is 8.16. The lowest BCUT2D eigenvalue weighted by atomic mass is 10.1. The molecule has 5 nitrogen and oxygen atoms in total. The molecular weight excluding hydrogens is 447 g/mol. The van der Waals surface area contributed by atoms with Crippen LogP contribution < -0.4 is 10.1 Å². The summed E-state index contributed by atoms with van der Waals surface area (Å²) in [4.78, 5) is 27.2. The lowest BCUT2D eigenvalue weighted by Gasteiger charge is -2.30. The van der Waals surface area contributed by atoms with Gasteiger partial charge < -0.3 is 15.0 Å². The van der Waals surface area contributed by atoms with E-state index >= 15 is 0 Å². The number of halogens is 3. The summed E-state index contributed by atoms with van der Waals surface area (Å²) in [6, 6.07) is 11.2. The molecule has 0 fully saturated rings. The van der Waals surface area contributed by atoms with Gasteiger partial charge in [0, 0.05) is 28.2 Å². The van der Waals surface area contributed by atoms with Crippen LogP contribution in [-0.2, 0) is 16.1 Å². The number of para-hydroxylation sites is 1. The Balaban J connectivity index is 2.24. The maximum Gasteiger partial charge on any atom is 0.261 e. The molecule has 2 aromatic carbocycles. The van der Waals surface area contributed by atoms with Crippen molar-refractivity contribution in [3.05, 3.63) is 63.1 Å². The number of rotatable bonds is 9. The van der Waals surface area contributed by atoms with Gasteiger partial charge in [0.2, 0.25) is 5.91 Å². The minimum atomic E-state index is -0.756. The number of benzene rings is 2. The fraction of sp³-hybridized carbons (Fsp3) is 0.364. The summed E-state index contributed by atoms with van der Waals surface area (Å²) in [7, 11) is 0. The lowest BCUT2D eigenvalue weighted by molar-refractivity contribution is -0.142. The summed E-state index contributed by atoms with van der Waals surface area (Å²) in [5.74, 6) is -0.267. The van der Waals surface area contributed by atoms with Crippen LogP contribution in [0.5, 0.6) is 5.75 Å². The van der Waals surface area contributed by atoms with Gasteiger partial charge in [-0.3, -0.25) is 9.59 Å². The Kier molecular flexibility index (Phi) is 9.28. The first-order valence-electron chi connectivity index (χ1n) is 9.64. The molecule has 0 radical (unpaired) electrons. The predicted octanol–water partition coefficient (Wildman–Crippen LogP) is 5.36. The maximum absolute atomic E-state index is 13.0. The smallest absolute Gasteiger partial charge is 0.261 e. The van der Waals surface area contributed by atoms with E-state index in [0.717, 1.165) is 6.42 Å². The number of carbonyl (C=O) groups is 2. The highest BCUT2D eigenvalue weighted by atomic mass is 35.5. The first kappa shape index (κ1) is 24.3. The second-order valence-electron chi connectivity index (χ2n) is 6.93. The van der Waals surface area contributed by atoms with Crippen LogP contribution in [0.4, 0.5) is 0 Å². The second kappa shape index (κ2) is 11.4. The molecule has 2 aromatic rings. The van der Waals surface area contributed by atoms with Crippen LogP contribution >= 0.6 is 34.8 Å². The number of nitrogens with zero attached hydrogens (tertiary/aromatic N) is 1. The molecule has 30 heavy (non-hydrogen) atoms. The van der Waals surface area contributed by atoms with Crippen molar-refractivity contribution in [3.8, 4) is 5.75 Å². The molecule has 0 spiro atoms. The van der Waals surface area contributed by atoms with Gasteiger partial charge in [-0.25, -0.2) is 0 Å². The van der Waals surface area contributed by atoms with Crippen molar-refractivity contribution in [3.63, 3.8) is 0 Å². The molecule has 0 saturated carbocycles. The first-order chi connectivity index (χ1) is 14.2. The minimum Gasteiger partial charge on any atom is -0.482 e. The molecule has 162 valence electrons. The predicted molar refractivity (Wildman–Crippen MR) is 121 cm³/mol. The zero-order chi connectivity index (χ0) is 22.3. The van der Waals surface area contributed by atoms with Crippen molar-refractivity contribution >= 4 is 46.6 Å². The topological polar surface area (TPSA) is 58.6 Å². The van der Waals surface area contributed by atoms with Gasteiger partial charge in [0.05, 0.1) is 5.02 Å². The number of hydrogen-bond acceptors (Lipinski definition) is 3. The summed E-state index contributed by atoms with van der Waals surface area (Å²) in [6.07, 6.45) is 0.776. The Hall–Kier alpha value is -1.95. The molecule has 0 aliphatic carbocycles. The van der Waals surface area contributed by atoms with Crippen LogP contribution in [0.15, 0.2) is 42.5 Å². The summed E-state index contributed by atoms with van der Waals surface area (Å²) in [6.45, 7) is 5.32. The van der Waals surface area contributed by atoms with E-state index in [4.69, 9.17) is 39.5 Å². The van der Waals surface area contributed by atoms with Crippen molar-refractivity contribution in [2.24, 2.45) is 0 Å². The molecular formula is C22H25Cl3N2O3. The van der Waals surface area contributed by atoms with Gasteiger partial charge in [-0.15, -0.1) is 0 Å². The third-order valence-electron chi connectivity index (χ3n) is 4.75. The van der Waals surface area contributed by atoms with Crippen LogP contribution in [0.25, 0.3) is 0 Å². The summed E-state index contributed by atoms with van der Waals surface area (Å²) in [5, 5.41) is 4.14. The van der Waals surface area contributed by atoms with E-state index in [1.807, 2.05) is 13.8 Å². The highest BCUT2D eigenvalue weighted by Gasteiger charge is 2.28. The number of amides is 2. The summed E-state index contributed by atoms with van der Waals surface area (Å²) < 4.78 is 5.59. The molecule has 0 aromatic heterocycles. The van der Waals surface area contributed by atoms with Gasteiger partial charge in [0.25, 0.3) is 5.91 Å².